The van der Waals surface area contributed by atoms with Crippen LogP contribution in [0.5, 0.6) is 0 Å². The van der Waals surface area contributed by atoms with Crippen molar-refractivity contribution in [2.75, 3.05) is 13.1 Å². The van der Waals surface area contributed by atoms with Crippen molar-refractivity contribution >= 4 is 51.8 Å². The largest absolute Gasteiger partial charge is 0.420 e. The molecule has 0 spiro atoms. The third-order valence-electron chi connectivity index (χ3n) is 4.87. The lowest BCUT2D eigenvalue weighted by molar-refractivity contribution is 0.0694. The van der Waals surface area contributed by atoms with E-state index in [0.29, 0.717) is 52.6 Å². The van der Waals surface area contributed by atoms with Crippen LogP contribution in [-0.4, -0.2) is 28.5 Å². The molecule has 140 valence electrons. The predicted molar refractivity (Wildman–Crippen MR) is 106 cm³/mol. The molecule has 1 saturated heterocycles. The highest BCUT2D eigenvalue weighted by molar-refractivity contribution is 6.43. The van der Waals surface area contributed by atoms with Gasteiger partial charge in [-0.25, -0.2) is 4.79 Å². The number of aromatic nitrogens is 1. The van der Waals surface area contributed by atoms with Gasteiger partial charge in [-0.1, -0.05) is 40.9 Å². The van der Waals surface area contributed by atoms with E-state index in [9.17, 15) is 9.59 Å². The van der Waals surface area contributed by atoms with Crippen LogP contribution >= 0.6 is 34.8 Å². The highest BCUT2D eigenvalue weighted by atomic mass is 35.5. The number of hydrogen-bond donors (Lipinski definition) is 0. The second kappa shape index (κ2) is 7.23. The minimum Gasteiger partial charge on any atom is -0.408 e. The highest BCUT2D eigenvalue weighted by Crippen LogP contribution is 2.30. The number of carbonyl (C=O) groups excluding carboxylic acids is 1. The standard InChI is InChI=1S/C19H15Cl3N2O3/c20-11-4-5-16-15(10-11)24(19(26)27-16)12-6-8-23(9-7-12)18(25)13-2-1-3-14(21)17(13)22/h1-5,10,12H,6-9H2. The number of halogens is 3. The third kappa shape index (κ3) is 3.35. The molecule has 1 aliphatic rings. The van der Waals surface area contributed by atoms with Gasteiger partial charge in [0.1, 0.15) is 0 Å². The smallest absolute Gasteiger partial charge is 0.408 e. The Balaban J connectivity index is 1.55. The third-order valence-corrected chi connectivity index (χ3v) is 5.93. The van der Waals surface area contributed by atoms with Gasteiger partial charge in [-0.2, -0.15) is 0 Å². The van der Waals surface area contributed by atoms with Gasteiger partial charge in [-0.3, -0.25) is 9.36 Å². The summed E-state index contributed by atoms with van der Waals surface area (Å²) in [6.45, 7) is 1.01. The summed E-state index contributed by atoms with van der Waals surface area (Å²) in [5.41, 5.74) is 1.57. The first-order chi connectivity index (χ1) is 13.0. The number of piperidine rings is 1. The summed E-state index contributed by atoms with van der Waals surface area (Å²) in [6, 6.07) is 10.1. The van der Waals surface area contributed by atoms with Crippen molar-refractivity contribution in [3.63, 3.8) is 0 Å². The van der Waals surface area contributed by atoms with Gasteiger partial charge in [0.2, 0.25) is 0 Å². The number of amides is 1. The van der Waals surface area contributed by atoms with Crippen LogP contribution in [0, 0.1) is 0 Å². The summed E-state index contributed by atoms with van der Waals surface area (Å²) in [6.07, 6.45) is 1.26. The van der Waals surface area contributed by atoms with E-state index in [2.05, 4.69) is 0 Å². The monoisotopic (exact) mass is 424 g/mol. The highest BCUT2D eigenvalue weighted by Gasteiger charge is 2.28. The fourth-order valence-electron chi connectivity index (χ4n) is 3.52. The lowest BCUT2D eigenvalue weighted by atomic mass is 10.0. The maximum atomic E-state index is 12.8. The molecule has 0 atom stereocenters. The molecule has 0 aliphatic carbocycles. The van der Waals surface area contributed by atoms with Gasteiger partial charge in [0.05, 0.1) is 21.1 Å². The van der Waals surface area contributed by atoms with Crippen LogP contribution in [0.2, 0.25) is 15.1 Å². The van der Waals surface area contributed by atoms with E-state index < -0.39 is 5.76 Å². The van der Waals surface area contributed by atoms with Gasteiger partial charge in [-0.15, -0.1) is 0 Å². The minimum atomic E-state index is -0.407. The lowest BCUT2D eigenvalue weighted by Crippen LogP contribution is -2.40. The fourth-order valence-corrected chi connectivity index (χ4v) is 4.07. The van der Waals surface area contributed by atoms with Crippen LogP contribution in [0.1, 0.15) is 29.2 Å². The van der Waals surface area contributed by atoms with Crippen LogP contribution in [0.4, 0.5) is 0 Å². The summed E-state index contributed by atoms with van der Waals surface area (Å²) in [5, 5.41) is 1.16. The van der Waals surface area contributed by atoms with E-state index in [1.165, 1.54) is 0 Å². The molecule has 1 fully saturated rings. The molecule has 2 heterocycles. The molecule has 2 aromatic carbocycles. The van der Waals surface area contributed by atoms with E-state index >= 15 is 0 Å². The van der Waals surface area contributed by atoms with Crippen LogP contribution in [0.15, 0.2) is 45.6 Å². The first-order valence-electron chi connectivity index (χ1n) is 8.49. The number of oxazole rings is 1. The first-order valence-corrected chi connectivity index (χ1v) is 9.63. The van der Waals surface area contributed by atoms with Gasteiger partial charge in [0, 0.05) is 24.2 Å². The van der Waals surface area contributed by atoms with Crippen molar-refractivity contribution in [3.8, 4) is 0 Å². The van der Waals surface area contributed by atoms with E-state index in [4.69, 9.17) is 39.2 Å². The average Bonchev–Trinajstić information content (AvgIpc) is 2.98. The van der Waals surface area contributed by atoms with Crippen LogP contribution in [-0.2, 0) is 0 Å². The molecule has 3 aromatic rings. The van der Waals surface area contributed by atoms with Crippen molar-refractivity contribution < 1.29 is 9.21 Å². The van der Waals surface area contributed by atoms with Gasteiger partial charge in [0.25, 0.3) is 5.91 Å². The zero-order valence-electron chi connectivity index (χ0n) is 14.1. The Kier molecular flexibility index (Phi) is 4.93. The maximum Gasteiger partial charge on any atom is 0.420 e. The Morgan fingerprint density at radius 2 is 1.81 bits per heavy atom. The predicted octanol–water partition coefficient (Wildman–Crippen LogP) is 5.03. The Morgan fingerprint density at radius 1 is 1.07 bits per heavy atom. The Bertz CT molecular complexity index is 1080. The van der Waals surface area contributed by atoms with E-state index in [0.717, 1.165) is 0 Å². The molecule has 0 unspecified atom stereocenters. The number of benzene rings is 2. The normalized spacial score (nSPS) is 15.4. The average molecular weight is 426 g/mol. The van der Waals surface area contributed by atoms with Crippen molar-refractivity contribution in [2.24, 2.45) is 0 Å². The Labute approximate surface area is 170 Å². The van der Waals surface area contributed by atoms with E-state index in [1.807, 2.05) is 0 Å². The molecule has 0 N–H and O–H groups in total. The Morgan fingerprint density at radius 3 is 2.56 bits per heavy atom. The number of carbonyl (C=O) groups is 1. The topological polar surface area (TPSA) is 55.5 Å². The molecule has 5 nitrogen and oxygen atoms in total. The van der Waals surface area contributed by atoms with Crippen LogP contribution in [0.25, 0.3) is 11.1 Å². The van der Waals surface area contributed by atoms with Gasteiger partial charge < -0.3 is 9.32 Å². The van der Waals surface area contributed by atoms with Crippen LogP contribution < -0.4 is 5.76 Å². The van der Waals surface area contributed by atoms with Crippen molar-refractivity contribution in [2.45, 2.75) is 18.9 Å². The summed E-state index contributed by atoms with van der Waals surface area (Å²) < 4.78 is 6.95. The number of fused-ring (bicyclic) bond motifs is 1. The zero-order chi connectivity index (χ0) is 19.1. The maximum absolute atomic E-state index is 12.8. The lowest BCUT2D eigenvalue weighted by Gasteiger charge is -2.32. The number of rotatable bonds is 2. The molecule has 1 amide bonds. The molecule has 0 radical (unpaired) electrons. The minimum absolute atomic E-state index is 0.0592. The van der Waals surface area contributed by atoms with E-state index in [1.54, 1.807) is 45.9 Å². The van der Waals surface area contributed by atoms with Crippen LogP contribution in [0.3, 0.4) is 0 Å². The number of likely N-dealkylation sites (tertiary alicyclic amines) is 1. The number of hydrogen-bond acceptors (Lipinski definition) is 3. The fraction of sp³-hybridized carbons (Fsp3) is 0.263. The molecule has 0 bridgehead atoms. The van der Waals surface area contributed by atoms with Gasteiger partial charge >= 0.3 is 5.76 Å². The zero-order valence-corrected chi connectivity index (χ0v) is 16.4. The molecule has 1 aliphatic heterocycles. The molecule has 4 rings (SSSR count). The molecule has 1 aromatic heterocycles. The first kappa shape index (κ1) is 18.4. The summed E-state index contributed by atoms with van der Waals surface area (Å²) in [4.78, 5) is 26.8. The summed E-state index contributed by atoms with van der Waals surface area (Å²) in [7, 11) is 0. The van der Waals surface area contributed by atoms with Crippen molar-refractivity contribution in [1.82, 2.24) is 9.47 Å². The second-order valence-corrected chi connectivity index (χ2v) is 7.70. The molecule has 27 heavy (non-hydrogen) atoms. The van der Waals surface area contributed by atoms with Gasteiger partial charge in [0.15, 0.2) is 5.58 Å². The summed E-state index contributed by atoms with van der Waals surface area (Å²) in [5.74, 6) is -0.566. The molecule has 0 saturated carbocycles. The van der Waals surface area contributed by atoms with Crippen molar-refractivity contribution in [1.29, 1.82) is 0 Å². The van der Waals surface area contributed by atoms with Gasteiger partial charge in [-0.05, 0) is 43.2 Å². The quantitative estimate of drug-likeness (QED) is 0.578. The molecular formula is C19H15Cl3N2O3. The second-order valence-electron chi connectivity index (χ2n) is 6.47. The van der Waals surface area contributed by atoms with Crippen molar-refractivity contribution in [3.05, 3.63) is 67.6 Å². The Hall–Kier alpha value is -1.95. The molecular weight excluding hydrogens is 411 g/mol. The summed E-state index contributed by atoms with van der Waals surface area (Å²) >= 11 is 18.2. The SMILES string of the molecule is O=C(c1cccc(Cl)c1Cl)N1CCC(n2c(=O)oc3ccc(Cl)cc32)CC1. The molecule has 8 heteroatoms. The number of nitrogens with zero attached hydrogens (tertiary/aromatic N) is 2. The van der Waals surface area contributed by atoms with E-state index in [-0.39, 0.29) is 17.0 Å².